The van der Waals surface area contributed by atoms with Gasteiger partial charge in [-0.25, -0.2) is 13.1 Å². The fraction of sp³-hybridized carbons (Fsp3) is 0.846. The standard InChI is InChI=1S/C13H24N2O5S/c1-13(2,3)10(15-21(4,19)20)11(16)14-9-6-5-8(7-9)12(17)18/h8-10,15H,5-7H2,1-4H3,(H,14,16)(H,17,18)/t8-,9+,10?/m1/s1. The number of amides is 1. The average Bonchev–Trinajstić information content (AvgIpc) is 2.71. The molecule has 7 nitrogen and oxygen atoms in total. The van der Waals surface area contributed by atoms with Gasteiger partial charge in [0.1, 0.15) is 6.04 Å². The SMILES string of the molecule is CC(C)(C)C(NS(C)(=O)=O)C(=O)N[C@H]1CC[C@@H](C(=O)O)C1. The third kappa shape index (κ3) is 5.62. The highest BCUT2D eigenvalue weighted by atomic mass is 32.2. The van der Waals surface area contributed by atoms with Crippen LogP contribution in [0, 0.1) is 11.3 Å². The van der Waals surface area contributed by atoms with Crippen molar-refractivity contribution >= 4 is 21.9 Å². The van der Waals surface area contributed by atoms with Crippen LogP contribution in [0.1, 0.15) is 40.0 Å². The predicted octanol–water partition coefficient (Wildman–Crippen LogP) is 0.320. The molecule has 0 radical (unpaired) electrons. The van der Waals surface area contributed by atoms with E-state index in [1.165, 1.54) is 0 Å². The van der Waals surface area contributed by atoms with Crippen LogP contribution in [0.4, 0.5) is 0 Å². The summed E-state index contributed by atoms with van der Waals surface area (Å²) >= 11 is 0. The lowest BCUT2D eigenvalue weighted by Gasteiger charge is -2.30. The molecule has 0 spiro atoms. The summed E-state index contributed by atoms with van der Waals surface area (Å²) in [4.78, 5) is 23.2. The summed E-state index contributed by atoms with van der Waals surface area (Å²) in [5, 5.41) is 11.7. The monoisotopic (exact) mass is 320 g/mol. The van der Waals surface area contributed by atoms with E-state index in [1.54, 1.807) is 20.8 Å². The fourth-order valence-electron chi connectivity index (χ4n) is 2.46. The van der Waals surface area contributed by atoms with Crippen molar-refractivity contribution in [3.05, 3.63) is 0 Å². The molecule has 0 aromatic rings. The molecule has 8 heteroatoms. The number of hydrogen-bond acceptors (Lipinski definition) is 4. The van der Waals surface area contributed by atoms with Crippen LogP contribution >= 0.6 is 0 Å². The third-order valence-corrected chi connectivity index (χ3v) is 4.25. The molecular weight excluding hydrogens is 296 g/mol. The minimum atomic E-state index is -3.51. The summed E-state index contributed by atoms with van der Waals surface area (Å²) in [6.07, 6.45) is 2.52. The Kier molecular flexibility index (Phi) is 5.38. The van der Waals surface area contributed by atoms with Gasteiger partial charge in [-0.05, 0) is 24.7 Å². The molecule has 0 heterocycles. The van der Waals surface area contributed by atoms with Crippen LogP contribution in [0.2, 0.25) is 0 Å². The van der Waals surface area contributed by atoms with Crippen molar-refractivity contribution < 1.29 is 23.1 Å². The number of carboxylic acids is 1. The maximum absolute atomic E-state index is 12.3. The quantitative estimate of drug-likeness (QED) is 0.675. The summed E-state index contributed by atoms with van der Waals surface area (Å²) < 4.78 is 25.2. The second-order valence-electron chi connectivity index (χ2n) is 6.74. The van der Waals surface area contributed by atoms with Gasteiger partial charge in [0.25, 0.3) is 0 Å². The highest BCUT2D eigenvalue weighted by Crippen LogP contribution is 2.27. The van der Waals surface area contributed by atoms with E-state index in [2.05, 4.69) is 10.0 Å². The summed E-state index contributed by atoms with van der Waals surface area (Å²) in [5.74, 6) is -1.71. The number of carbonyl (C=O) groups is 2. The number of carbonyl (C=O) groups excluding carboxylic acids is 1. The number of hydrogen-bond donors (Lipinski definition) is 3. The molecule has 0 saturated heterocycles. The van der Waals surface area contributed by atoms with E-state index < -0.39 is 39.3 Å². The van der Waals surface area contributed by atoms with E-state index in [-0.39, 0.29) is 6.04 Å². The maximum Gasteiger partial charge on any atom is 0.306 e. The fourth-order valence-corrected chi connectivity index (χ4v) is 3.35. The lowest BCUT2D eigenvalue weighted by molar-refractivity contribution is -0.141. The molecule has 0 bridgehead atoms. The molecule has 1 saturated carbocycles. The van der Waals surface area contributed by atoms with Gasteiger partial charge in [0, 0.05) is 6.04 Å². The molecule has 1 aliphatic carbocycles. The van der Waals surface area contributed by atoms with Crippen LogP contribution in [0.5, 0.6) is 0 Å². The zero-order valence-corrected chi connectivity index (χ0v) is 13.7. The van der Waals surface area contributed by atoms with Gasteiger partial charge in [0.2, 0.25) is 15.9 Å². The van der Waals surface area contributed by atoms with Crippen LogP contribution in [0.15, 0.2) is 0 Å². The molecule has 1 rings (SSSR count). The molecule has 1 unspecified atom stereocenters. The van der Waals surface area contributed by atoms with Crippen molar-refractivity contribution in [2.45, 2.75) is 52.1 Å². The summed E-state index contributed by atoms with van der Waals surface area (Å²) in [5.41, 5.74) is -0.585. The van der Waals surface area contributed by atoms with E-state index >= 15 is 0 Å². The predicted molar refractivity (Wildman–Crippen MR) is 78.1 cm³/mol. The van der Waals surface area contributed by atoms with Crippen molar-refractivity contribution in [3.63, 3.8) is 0 Å². The van der Waals surface area contributed by atoms with Crippen molar-refractivity contribution in [3.8, 4) is 0 Å². The number of nitrogens with one attached hydrogen (secondary N) is 2. The molecule has 3 N–H and O–H groups in total. The Labute approximate surface area is 125 Å². The molecule has 0 aliphatic heterocycles. The van der Waals surface area contributed by atoms with E-state index in [9.17, 15) is 18.0 Å². The van der Waals surface area contributed by atoms with Gasteiger partial charge >= 0.3 is 5.97 Å². The van der Waals surface area contributed by atoms with Gasteiger partial charge < -0.3 is 10.4 Å². The van der Waals surface area contributed by atoms with Crippen molar-refractivity contribution in [1.82, 2.24) is 10.0 Å². The summed E-state index contributed by atoms with van der Waals surface area (Å²) in [7, 11) is -3.51. The maximum atomic E-state index is 12.3. The first-order valence-electron chi connectivity index (χ1n) is 6.90. The molecular formula is C13H24N2O5S. The number of aliphatic carboxylic acids is 1. The number of sulfonamides is 1. The van der Waals surface area contributed by atoms with Crippen molar-refractivity contribution in [1.29, 1.82) is 0 Å². The van der Waals surface area contributed by atoms with E-state index in [0.29, 0.717) is 19.3 Å². The van der Waals surface area contributed by atoms with Gasteiger partial charge in [0.05, 0.1) is 12.2 Å². The lowest BCUT2D eigenvalue weighted by Crippen LogP contribution is -2.54. The van der Waals surface area contributed by atoms with Crippen LogP contribution in [-0.2, 0) is 19.6 Å². The zero-order chi connectivity index (χ0) is 16.4. The molecule has 1 aliphatic rings. The molecule has 0 aromatic carbocycles. The molecule has 0 aromatic heterocycles. The normalized spacial score (nSPS) is 24.6. The number of rotatable bonds is 5. The molecule has 1 fully saturated rings. The Morgan fingerprint density at radius 2 is 1.81 bits per heavy atom. The van der Waals surface area contributed by atoms with Gasteiger partial charge in [0.15, 0.2) is 0 Å². The summed E-state index contributed by atoms with van der Waals surface area (Å²) in [6.45, 7) is 5.30. The first kappa shape index (κ1) is 17.9. The summed E-state index contributed by atoms with van der Waals surface area (Å²) in [6, 6.07) is -1.11. The van der Waals surface area contributed by atoms with Crippen LogP contribution in [0.25, 0.3) is 0 Å². The van der Waals surface area contributed by atoms with Crippen LogP contribution in [-0.4, -0.2) is 43.7 Å². The van der Waals surface area contributed by atoms with Crippen LogP contribution in [0.3, 0.4) is 0 Å². The molecule has 3 atom stereocenters. The Morgan fingerprint density at radius 3 is 2.19 bits per heavy atom. The van der Waals surface area contributed by atoms with E-state index in [4.69, 9.17) is 5.11 Å². The molecule has 122 valence electrons. The topological polar surface area (TPSA) is 113 Å². The van der Waals surface area contributed by atoms with E-state index in [0.717, 1.165) is 6.26 Å². The second kappa shape index (κ2) is 6.31. The second-order valence-corrected chi connectivity index (χ2v) is 8.52. The average molecular weight is 320 g/mol. The van der Waals surface area contributed by atoms with E-state index in [1.807, 2.05) is 0 Å². The minimum absolute atomic E-state index is 0.218. The first-order valence-corrected chi connectivity index (χ1v) is 8.80. The largest absolute Gasteiger partial charge is 0.481 e. The lowest BCUT2D eigenvalue weighted by atomic mass is 9.86. The Balaban J connectivity index is 2.72. The van der Waals surface area contributed by atoms with Crippen molar-refractivity contribution in [2.75, 3.05) is 6.26 Å². The first-order chi connectivity index (χ1) is 9.40. The zero-order valence-electron chi connectivity index (χ0n) is 12.8. The smallest absolute Gasteiger partial charge is 0.306 e. The highest BCUT2D eigenvalue weighted by Gasteiger charge is 2.37. The van der Waals surface area contributed by atoms with Gasteiger partial charge in [-0.1, -0.05) is 20.8 Å². The van der Waals surface area contributed by atoms with Gasteiger partial charge in [-0.3, -0.25) is 9.59 Å². The third-order valence-electron chi connectivity index (χ3n) is 3.59. The molecule has 1 amide bonds. The van der Waals surface area contributed by atoms with Gasteiger partial charge in [-0.2, -0.15) is 0 Å². The Morgan fingerprint density at radius 1 is 1.24 bits per heavy atom. The minimum Gasteiger partial charge on any atom is -0.481 e. The van der Waals surface area contributed by atoms with Crippen LogP contribution < -0.4 is 10.0 Å². The Hall–Kier alpha value is -1.15. The van der Waals surface area contributed by atoms with Gasteiger partial charge in [-0.15, -0.1) is 0 Å². The number of carboxylic acid groups (broad SMARTS) is 1. The molecule has 21 heavy (non-hydrogen) atoms. The Bertz CT molecular complexity index is 509. The highest BCUT2D eigenvalue weighted by molar-refractivity contribution is 7.88. The van der Waals surface area contributed by atoms with Crippen molar-refractivity contribution in [2.24, 2.45) is 11.3 Å².